The fraction of sp³-hybridized carbons (Fsp3) is 0.727. The third-order valence-corrected chi connectivity index (χ3v) is 4.61. The molecule has 1 heterocycles. The fourth-order valence-corrected chi connectivity index (χ4v) is 2.84. The van der Waals surface area contributed by atoms with Crippen LogP contribution < -0.4 is 5.32 Å². The van der Waals surface area contributed by atoms with Gasteiger partial charge in [-0.1, -0.05) is 13.8 Å². The molecule has 0 saturated carbocycles. The van der Waals surface area contributed by atoms with Crippen LogP contribution in [0.1, 0.15) is 25.8 Å². The largest absolute Gasteiger partial charge is 0.316 e. The molecule has 0 atom stereocenters. The zero-order valence-corrected chi connectivity index (χ0v) is 12.2. The summed E-state index contributed by atoms with van der Waals surface area (Å²) in [7, 11) is -0.100. The van der Waals surface area contributed by atoms with E-state index in [4.69, 9.17) is 0 Å². The van der Waals surface area contributed by atoms with Crippen molar-refractivity contribution in [2.24, 2.45) is 5.92 Å². The first kappa shape index (κ1) is 15.1. The summed E-state index contributed by atoms with van der Waals surface area (Å²) < 4.78 is 26.0. The van der Waals surface area contributed by atoms with Crippen LogP contribution in [0.4, 0.5) is 0 Å². The average Bonchev–Trinajstić information content (AvgIpc) is 2.75. The molecule has 2 N–H and O–H groups in total. The summed E-state index contributed by atoms with van der Waals surface area (Å²) in [6, 6.07) is 0. The maximum absolute atomic E-state index is 12.3. The Morgan fingerprint density at radius 2 is 2.17 bits per heavy atom. The van der Waals surface area contributed by atoms with Crippen molar-refractivity contribution in [3.8, 4) is 0 Å². The van der Waals surface area contributed by atoms with E-state index < -0.39 is 10.0 Å². The van der Waals surface area contributed by atoms with Gasteiger partial charge in [-0.15, -0.1) is 0 Å². The van der Waals surface area contributed by atoms with Gasteiger partial charge in [-0.3, -0.25) is 5.10 Å². The molecule has 1 aromatic heterocycles. The van der Waals surface area contributed by atoms with Crippen LogP contribution in [-0.2, 0) is 16.6 Å². The van der Waals surface area contributed by atoms with E-state index >= 15 is 0 Å². The van der Waals surface area contributed by atoms with Crippen molar-refractivity contribution < 1.29 is 8.42 Å². The standard InChI is InChI=1S/C11H22N4O2S/c1-9(2)5-6-15(4)18(16,17)11-10(7-12-3)8-13-14-11/h8-9,12H,5-7H2,1-4H3,(H,13,14). The molecule has 0 unspecified atom stereocenters. The Morgan fingerprint density at radius 3 is 2.72 bits per heavy atom. The monoisotopic (exact) mass is 274 g/mol. The highest BCUT2D eigenvalue weighted by atomic mass is 32.2. The van der Waals surface area contributed by atoms with Gasteiger partial charge in [0.15, 0.2) is 5.03 Å². The molecule has 6 nitrogen and oxygen atoms in total. The number of H-pyrrole nitrogens is 1. The van der Waals surface area contributed by atoms with Crippen LogP contribution in [-0.4, -0.2) is 43.6 Å². The topological polar surface area (TPSA) is 78.1 Å². The number of hydrogen-bond acceptors (Lipinski definition) is 4. The molecule has 0 spiro atoms. The Labute approximate surface area is 109 Å². The van der Waals surface area contributed by atoms with Gasteiger partial charge in [0.25, 0.3) is 10.0 Å². The van der Waals surface area contributed by atoms with E-state index in [0.717, 1.165) is 6.42 Å². The predicted octanol–water partition coefficient (Wildman–Crippen LogP) is 0.796. The van der Waals surface area contributed by atoms with E-state index in [-0.39, 0.29) is 5.03 Å². The zero-order chi connectivity index (χ0) is 13.8. The van der Waals surface area contributed by atoms with Gasteiger partial charge in [0.05, 0.1) is 6.20 Å². The molecule has 18 heavy (non-hydrogen) atoms. The third-order valence-electron chi connectivity index (χ3n) is 2.73. The molecular formula is C11H22N4O2S. The Hall–Kier alpha value is -0.920. The van der Waals surface area contributed by atoms with E-state index in [9.17, 15) is 8.42 Å². The first-order valence-electron chi connectivity index (χ1n) is 6.02. The number of aromatic amines is 1. The van der Waals surface area contributed by atoms with Gasteiger partial charge in [-0.25, -0.2) is 8.42 Å². The minimum atomic E-state index is -3.47. The van der Waals surface area contributed by atoms with Crippen molar-refractivity contribution in [1.82, 2.24) is 19.8 Å². The lowest BCUT2D eigenvalue weighted by molar-refractivity contribution is 0.425. The van der Waals surface area contributed by atoms with Crippen molar-refractivity contribution in [3.05, 3.63) is 11.8 Å². The van der Waals surface area contributed by atoms with Crippen LogP contribution in [0.2, 0.25) is 0 Å². The van der Waals surface area contributed by atoms with Gasteiger partial charge in [-0.05, 0) is 19.4 Å². The second-order valence-corrected chi connectivity index (χ2v) is 6.75. The molecule has 0 aliphatic heterocycles. The van der Waals surface area contributed by atoms with Gasteiger partial charge in [-0.2, -0.15) is 9.40 Å². The number of hydrogen-bond donors (Lipinski definition) is 2. The summed E-state index contributed by atoms with van der Waals surface area (Å²) in [5.41, 5.74) is 0.661. The normalized spacial score (nSPS) is 12.6. The van der Waals surface area contributed by atoms with Gasteiger partial charge in [0.2, 0.25) is 0 Å². The van der Waals surface area contributed by atoms with Gasteiger partial charge >= 0.3 is 0 Å². The molecule has 0 saturated heterocycles. The van der Waals surface area contributed by atoms with E-state index in [1.165, 1.54) is 4.31 Å². The molecule has 0 aromatic carbocycles. The molecule has 0 fully saturated rings. The van der Waals surface area contributed by atoms with Crippen LogP contribution >= 0.6 is 0 Å². The molecule has 0 aliphatic rings. The van der Waals surface area contributed by atoms with Crippen LogP contribution in [0.15, 0.2) is 11.2 Å². The maximum atomic E-state index is 12.3. The van der Waals surface area contributed by atoms with Gasteiger partial charge in [0, 0.05) is 25.7 Å². The maximum Gasteiger partial charge on any atom is 0.260 e. The first-order chi connectivity index (χ1) is 8.39. The lowest BCUT2D eigenvalue weighted by Crippen LogP contribution is -2.30. The lowest BCUT2D eigenvalue weighted by Gasteiger charge is -2.17. The zero-order valence-electron chi connectivity index (χ0n) is 11.4. The average molecular weight is 274 g/mol. The van der Waals surface area contributed by atoms with Crippen LogP contribution in [0.25, 0.3) is 0 Å². The smallest absolute Gasteiger partial charge is 0.260 e. The van der Waals surface area contributed by atoms with Crippen molar-refractivity contribution in [1.29, 1.82) is 0 Å². The summed E-state index contributed by atoms with van der Waals surface area (Å²) in [6.45, 7) is 5.13. The molecule has 0 bridgehead atoms. The highest BCUT2D eigenvalue weighted by Crippen LogP contribution is 2.17. The summed E-state index contributed by atoms with van der Waals surface area (Å²) in [6.07, 6.45) is 2.38. The SMILES string of the molecule is CNCc1cn[nH]c1S(=O)(=O)N(C)CCC(C)C. The predicted molar refractivity (Wildman–Crippen MR) is 70.6 cm³/mol. The Bertz CT molecular complexity index is 467. The van der Waals surface area contributed by atoms with Crippen molar-refractivity contribution >= 4 is 10.0 Å². The fourth-order valence-electron chi connectivity index (χ4n) is 1.55. The van der Waals surface area contributed by atoms with Crippen molar-refractivity contribution in [2.75, 3.05) is 20.6 Å². The van der Waals surface area contributed by atoms with Crippen LogP contribution in [0, 0.1) is 5.92 Å². The Balaban J connectivity index is 2.88. The molecule has 7 heteroatoms. The molecule has 0 aliphatic carbocycles. The molecule has 0 radical (unpaired) electrons. The van der Waals surface area contributed by atoms with E-state index in [0.29, 0.717) is 24.6 Å². The van der Waals surface area contributed by atoms with Crippen LogP contribution in [0.3, 0.4) is 0 Å². The van der Waals surface area contributed by atoms with E-state index in [2.05, 4.69) is 29.4 Å². The molecule has 1 aromatic rings. The number of aromatic nitrogens is 2. The van der Waals surface area contributed by atoms with E-state index in [1.54, 1.807) is 20.3 Å². The van der Waals surface area contributed by atoms with Gasteiger partial charge in [0.1, 0.15) is 0 Å². The number of nitrogens with one attached hydrogen (secondary N) is 2. The highest BCUT2D eigenvalue weighted by Gasteiger charge is 2.25. The minimum absolute atomic E-state index is 0.183. The highest BCUT2D eigenvalue weighted by molar-refractivity contribution is 7.89. The second-order valence-electron chi connectivity index (χ2n) is 4.76. The second kappa shape index (κ2) is 6.31. The Kier molecular flexibility index (Phi) is 5.30. The molecular weight excluding hydrogens is 252 g/mol. The van der Waals surface area contributed by atoms with Crippen molar-refractivity contribution in [2.45, 2.75) is 31.8 Å². The lowest BCUT2D eigenvalue weighted by atomic mass is 10.1. The molecule has 0 amide bonds. The number of rotatable bonds is 7. The molecule has 104 valence electrons. The quantitative estimate of drug-likeness (QED) is 0.771. The number of sulfonamides is 1. The summed E-state index contributed by atoms with van der Waals surface area (Å²) in [5, 5.41) is 9.51. The van der Waals surface area contributed by atoms with Crippen molar-refractivity contribution in [3.63, 3.8) is 0 Å². The number of nitrogens with zero attached hydrogens (tertiary/aromatic N) is 2. The van der Waals surface area contributed by atoms with E-state index in [1.807, 2.05) is 0 Å². The van der Waals surface area contributed by atoms with Crippen LogP contribution in [0.5, 0.6) is 0 Å². The summed E-state index contributed by atoms with van der Waals surface area (Å²) >= 11 is 0. The Morgan fingerprint density at radius 1 is 1.50 bits per heavy atom. The minimum Gasteiger partial charge on any atom is -0.316 e. The van der Waals surface area contributed by atoms with Gasteiger partial charge < -0.3 is 5.32 Å². The molecule has 1 rings (SSSR count). The summed E-state index contributed by atoms with van der Waals surface area (Å²) in [4.78, 5) is 0. The third kappa shape index (κ3) is 3.54. The first-order valence-corrected chi connectivity index (χ1v) is 7.46. The summed E-state index contributed by atoms with van der Waals surface area (Å²) in [5.74, 6) is 0.473.